The molecule has 3 nitrogen and oxygen atoms in total. The van der Waals surface area contributed by atoms with Crippen LogP contribution in [0.1, 0.15) is 157 Å². The minimum Gasteiger partial charge on any atom is -0.410 e. The Hall–Kier alpha value is -1.49. The van der Waals surface area contributed by atoms with Crippen LogP contribution in [0.5, 0.6) is 0 Å². The Morgan fingerprint density at radius 2 is 1.59 bits per heavy atom. The zero-order valence-electron chi connectivity index (χ0n) is 26.0. The molecular weight excluding hydrogens is 494 g/mol. The zero-order valence-corrected chi connectivity index (χ0v) is 27.0. The fourth-order valence-electron chi connectivity index (χ4n) is 7.38. The summed E-state index contributed by atoms with van der Waals surface area (Å²) < 4.78 is 14.7. The first-order valence-corrected chi connectivity index (χ1v) is 18.6. The van der Waals surface area contributed by atoms with Gasteiger partial charge in [0.25, 0.3) is 0 Å². The Bertz CT molecular complexity index is 1240. The van der Waals surface area contributed by atoms with Gasteiger partial charge in [0.15, 0.2) is 8.32 Å². The number of hydrogen-bond acceptors (Lipinski definition) is 3. The lowest BCUT2D eigenvalue weighted by molar-refractivity contribution is -0.0579. The van der Waals surface area contributed by atoms with Crippen molar-refractivity contribution in [2.75, 3.05) is 0 Å². The van der Waals surface area contributed by atoms with Gasteiger partial charge in [0.2, 0.25) is 0 Å². The van der Waals surface area contributed by atoms with E-state index in [-0.39, 0.29) is 28.3 Å². The molecule has 6 rings (SSSR count). The van der Waals surface area contributed by atoms with E-state index in [9.17, 15) is 0 Å². The fraction of sp³-hybridized carbons (Fsp3) is 0.686. The van der Waals surface area contributed by atoms with Gasteiger partial charge in [-0.2, -0.15) is 0 Å². The molecule has 0 N–H and O–H groups in total. The maximum atomic E-state index is 7.37. The van der Waals surface area contributed by atoms with Crippen molar-refractivity contribution in [2.45, 2.75) is 148 Å². The van der Waals surface area contributed by atoms with E-state index >= 15 is 0 Å². The summed E-state index contributed by atoms with van der Waals surface area (Å²) in [6.45, 7) is 21.4. The van der Waals surface area contributed by atoms with E-state index < -0.39 is 8.32 Å². The lowest BCUT2D eigenvalue weighted by atomic mass is 9.70. The van der Waals surface area contributed by atoms with Gasteiger partial charge in [-0.3, -0.25) is 4.98 Å². The van der Waals surface area contributed by atoms with Crippen LogP contribution in [0.4, 0.5) is 0 Å². The minimum atomic E-state index is -2.00. The third-order valence-electron chi connectivity index (χ3n) is 10.6. The second-order valence-corrected chi connectivity index (χ2v) is 20.6. The maximum absolute atomic E-state index is 7.37. The monoisotopic (exact) mass is 545 g/mol. The van der Waals surface area contributed by atoms with Crippen LogP contribution in [0, 0.1) is 5.41 Å². The van der Waals surface area contributed by atoms with Crippen molar-refractivity contribution in [1.29, 1.82) is 0 Å². The van der Waals surface area contributed by atoms with Gasteiger partial charge in [-0.1, -0.05) is 85.6 Å². The third kappa shape index (κ3) is 4.77. The average molecular weight is 546 g/mol. The highest BCUT2D eigenvalue weighted by Gasteiger charge is 2.54. The molecule has 1 aliphatic heterocycles. The van der Waals surface area contributed by atoms with E-state index in [0.29, 0.717) is 5.92 Å². The fourth-order valence-corrected chi connectivity index (χ4v) is 8.64. The van der Waals surface area contributed by atoms with E-state index in [1.54, 1.807) is 0 Å². The van der Waals surface area contributed by atoms with Crippen molar-refractivity contribution in [3.63, 3.8) is 0 Å². The summed E-state index contributed by atoms with van der Waals surface area (Å²) in [7, 11) is -2.00. The van der Waals surface area contributed by atoms with Gasteiger partial charge in [-0.25, -0.2) is 0 Å². The Labute approximate surface area is 238 Å². The lowest BCUT2D eigenvalue weighted by Gasteiger charge is -2.45. The average Bonchev–Trinajstić information content (AvgIpc) is 3.50. The molecule has 2 heterocycles. The van der Waals surface area contributed by atoms with Gasteiger partial charge in [0.1, 0.15) is 6.10 Å². The van der Waals surface area contributed by atoms with Crippen LogP contribution in [0.3, 0.4) is 0 Å². The highest BCUT2D eigenvalue weighted by atomic mass is 28.4. The van der Waals surface area contributed by atoms with E-state index in [2.05, 4.69) is 85.8 Å². The molecule has 2 saturated carbocycles. The van der Waals surface area contributed by atoms with Gasteiger partial charge in [0.05, 0.1) is 11.7 Å². The number of benzene rings is 1. The summed E-state index contributed by atoms with van der Waals surface area (Å²) in [5, 5.41) is 0.163. The summed E-state index contributed by atoms with van der Waals surface area (Å²) in [4.78, 5) is 5.56. The van der Waals surface area contributed by atoms with E-state index in [0.717, 1.165) is 31.6 Å². The van der Waals surface area contributed by atoms with E-state index in [1.807, 2.05) is 0 Å². The predicted octanol–water partition coefficient (Wildman–Crippen LogP) is 10.0. The molecule has 2 aromatic rings. The highest BCUT2D eigenvalue weighted by molar-refractivity contribution is 6.74. The third-order valence-corrected chi connectivity index (χ3v) is 15.1. The SMILES string of the molecule is CC(C)c1nc2c(c3c1C(c1ccc(C4CC4)cc1)OC31CCCC1)C(O[Si](C)(C)C(C)(C)C)CC(C)(C)C2. The minimum absolute atomic E-state index is 0.0370. The number of nitrogens with zero attached hydrogens (tertiary/aromatic N) is 1. The van der Waals surface area contributed by atoms with E-state index in [1.165, 1.54) is 64.9 Å². The topological polar surface area (TPSA) is 31.4 Å². The predicted molar refractivity (Wildman–Crippen MR) is 163 cm³/mol. The lowest BCUT2D eigenvalue weighted by Crippen LogP contribution is -2.44. The molecule has 0 amide bonds. The number of hydrogen-bond donors (Lipinski definition) is 0. The van der Waals surface area contributed by atoms with Crippen molar-refractivity contribution in [3.8, 4) is 0 Å². The smallest absolute Gasteiger partial charge is 0.192 e. The summed E-state index contributed by atoms with van der Waals surface area (Å²) in [6, 6.07) is 9.43. The van der Waals surface area contributed by atoms with Gasteiger partial charge in [-0.05, 0) is 90.6 Å². The van der Waals surface area contributed by atoms with Crippen molar-refractivity contribution in [3.05, 3.63) is 63.5 Å². The second kappa shape index (κ2) is 9.26. The second-order valence-electron chi connectivity index (χ2n) is 15.9. The molecule has 3 aliphatic carbocycles. The van der Waals surface area contributed by atoms with Crippen molar-refractivity contribution >= 4 is 8.32 Å². The molecule has 0 saturated heterocycles. The molecule has 2 unspecified atom stereocenters. The largest absolute Gasteiger partial charge is 0.410 e. The van der Waals surface area contributed by atoms with Crippen molar-refractivity contribution < 1.29 is 9.16 Å². The molecule has 1 aromatic heterocycles. The molecule has 4 aliphatic rings. The van der Waals surface area contributed by atoms with Crippen LogP contribution < -0.4 is 0 Å². The molecule has 4 heteroatoms. The van der Waals surface area contributed by atoms with Gasteiger partial charge < -0.3 is 9.16 Å². The number of pyridine rings is 1. The number of ether oxygens (including phenoxy) is 1. The number of fused-ring (bicyclic) bond motifs is 4. The standard InChI is InChI=1S/C35H51NO2Si/c1-22(2)31-29-30(28-26(36-31)20-34(6,7)21-27(28)38-39(8,9)33(3,4)5)35(18-10-11-19-35)37-32(29)25-16-14-24(15-17-25)23-12-13-23/h14-17,22-23,27,32H,10-13,18-21H2,1-9H3. The van der Waals surface area contributed by atoms with Gasteiger partial charge in [0, 0.05) is 22.5 Å². The molecule has 0 radical (unpaired) electrons. The number of aromatic nitrogens is 1. The first-order valence-electron chi connectivity index (χ1n) is 15.7. The van der Waals surface area contributed by atoms with Crippen LogP contribution in [-0.2, 0) is 21.2 Å². The molecular formula is C35H51NO2Si. The zero-order chi connectivity index (χ0) is 28.0. The van der Waals surface area contributed by atoms with Crippen LogP contribution in [-0.4, -0.2) is 13.3 Å². The van der Waals surface area contributed by atoms with Crippen LogP contribution in [0.2, 0.25) is 18.1 Å². The Balaban J connectivity index is 1.56. The molecule has 0 bridgehead atoms. The van der Waals surface area contributed by atoms with Crippen LogP contribution in [0.25, 0.3) is 0 Å². The van der Waals surface area contributed by atoms with Crippen molar-refractivity contribution in [2.24, 2.45) is 5.41 Å². The van der Waals surface area contributed by atoms with Crippen molar-refractivity contribution in [1.82, 2.24) is 4.98 Å². The normalized spacial score (nSPS) is 25.8. The van der Waals surface area contributed by atoms with Crippen LogP contribution >= 0.6 is 0 Å². The first-order chi connectivity index (χ1) is 18.2. The van der Waals surface area contributed by atoms with Gasteiger partial charge >= 0.3 is 0 Å². The Morgan fingerprint density at radius 3 is 2.15 bits per heavy atom. The molecule has 39 heavy (non-hydrogen) atoms. The number of rotatable bonds is 5. The molecule has 212 valence electrons. The summed E-state index contributed by atoms with van der Waals surface area (Å²) in [6.07, 6.45) is 9.49. The van der Waals surface area contributed by atoms with E-state index in [4.69, 9.17) is 14.1 Å². The Kier molecular flexibility index (Phi) is 6.57. The first kappa shape index (κ1) is 27.7. The molecule has 1 spiro atoms. The molecule has 2 atom stereocenters. The highest BCUT2D eigenvalue weighted by Crippen LogP contribution is 2.60. The Morgan fingerprint density at radius 1 is 0.974 bits per heavy atom. The summed E-state index contributed by atoms with van der Waals surface area (Å²) >= 11 is 0. The quantitative estimate of drug-likeness (QED) is 0.350. The van der Waals surface area contributed by atoms with Gasteiger partial charge in [-0.15, -0.1) is 0 Å². The summed E-state index contributed by atoms with van der Waals surface area (Å²) in [5.41, 5.74) is 9.58. The summed E-state index contributed by atoms with van der Waals surface area (Å²) in [5.74, 6) is 1.12. The molecule has 2 fully saturated rings. The van der Waals surface area contributed by atoms with Crippen LogP contribution in [0.15, 0.2) is 24.3 Å². The maximum Gasteiger partial charge on any atom is 0.192 e. The molecule has 1 aromatic carbocycles.